The lowest BCUT2D eigenvalue weighted by Gasteiger charge is -2.28. The summed E-state index contributed by atoms with van der Waals surface area (Å²) < 4.78 is 0. The molecule has 1 amide bonds. The summed E-state index contributed by atoms with van der Waals surface area (Å²) >= 11 is 5.76. The zero-order valence-electron chi connectivity index (χ0n) is 13.6. The molecule has 0 aliphatic carbocycles. The van der Waals surface area contributed by atoms with Gasteiger partial charge in [0.2, 0.25) is 5.91 Å². The maximum Gasteiger partial charge on any atom is 0.247 e. The molecule has 0 aliphatic rings. The van der Waals surface area contributed by atoms with Crippen LogP contribution in [-0.4, -0.2) is 33.5 Å². The van der Waals surface area contributed by atoms with E-state index in [2.05, 4.69) is 4.98 Å². The van der Waals surface area contributed by atoms with Crippen molar-refractivity contribution in [2.45, 2.75) is 25.9 Å². The molecule has 1 aromatic heterocycles. The Morgan fingerprint density at radius 1 is 1.29 bits per heavy atom. The minimum absolute atomic E-state index is 0.0462. The Hall–Kier alpha value is -2.17. The normalized spacial score (nSPS) is 12.3. The van der Waals surface area contributed by atoms with Gasteiger partial charge in [0.1, 0.15) is 5.15 Å². The molecule has 126 valence electrons. The molecule has 0 bridgehead atoms. The van der Waals surface area contributed by atoms with Crippen molar-refractivity contribution in [1.82, 2.24) is 9.88 Å². The van der Waals surface area contributed by atoms with Crippen LogP contribution in [-0.2, 0) is 11.3 Å². The Kier molecular flexibility index (Phi) is 6.97. The van der Waals surface area contributed by atoms with Gasteiger partial charge in [-0.25, -0.2) is 4.98 Å². The zero-order valence-corrected chi connectivity index (χ0v) is 14.4. The Morgan fingerprint density at radius 2 is 2.04 bits per heavy atom. The SMILES string of the molecule is CC(CCO)N(Cc1ccccc1)C(=O)/C=C/c1ccc(Cl)nc1. The fraction of sp³-hybridized carbons (Fsp3) is 0.263. The van der Waals surface area contributed by atoms with Gasteiger partial charge in [0.25, 0.3) is 0 Å². The van der Waals surface area contributed by atoms with E-state index in [1.165, 1.54) is 6.08 Å². The molecule has 2 aromatic rings. The molecular weight excluding hydrogens is 324 g/mol. The summed E-state index contributed by atoms with van der Waals surface area (Å²) in [6, 6.07) is 13.2. The predicted octanol–water partition coefficient (Wildman–Crippen LogP) is 3.55. The number of halogens is 1. The first-order chi connectivity index (χ1) is 11.6. The van der Waals surface area contributed by atoms with Crippen LogP contribution in [0.15, 0.2) is 54.7 Å². The van der Waals surface area contributed by atoms with Gasteiger partial charge < -0.3 is 10.0 Å². The summed E-state index contributed by atoms with van der Waals surface area (Å²) in [6.45, 7) is 2.49. The molecule has 4 nitrogen and oxygen atoms in total. The van der Waals surface area contributed by atoms with Crippen LogP contribution in [0.5, 0.6) is 0 Å². The monoisotopic (exact) mass is 344 g/mol. The number of hydrogen-bond acceptors (Lipinski definition) is 3. The first-order valence-corrected chi connectivity index (χ1v) is 8.23. The van der Waals surface area contributed by atoms with Gasteiger partial charge >= 0.3 is 0 Å². The Bertz CT molecular complexity index is 672. The molecule has 0 spiro atoms. The van der Waals surface area contributed by atoms with E-state index in [1.54, 1.807) is 29.3 Å². The molecule has 5 heteroatoms. The third kappa shape index (κ3) is 5.48. The standard InChI is InChI=1S/C19H21ClN2O2/c1-15(11-12-23)22(14-17-5-3-2-4-6-17)19(24)10-8-16-7-9-18(20)21-13-16/h2-10,13,15,23H,11-12,14H2,1H3/b10-8+. The number of aliphatic hydroxyl groups excluding tert-OH is 1. The van der Waals surface area contributed by atoms with Crippen LogP contribution in [0.2, 0.25) is 5.15 Å². The molecule has 0 saturated carbocycles. The number of aliphatic hydroxyl groups is 1. The van der Waals surface area contributed by atoms with E-state index in [0.29, 0.717) is 18.1 Å². The molecule has 1 unspecified atom stereocenters. The van der Waals surface area contributed by atoms with E-state index in [4.69, 9.17) is 11.6 Å². The average Bonchev–Trinajstić information content (AvgIpc) is 2.60. The summed E-state index contributed by atoms with van der Waals surface area (Å²) in [5.41, 5.74) is 1.86. The van der Waals surface area contributed by atoms with Crippen LogP contribution in [0.3, 0.4) is 0 Å². The van der Waals surface area contributed by atoms with E-state index in [1.807, 2.05) is 37.3 Å². The Labute approximate surface area is 147 Å². The highest BCUT2D eigenvalue weighted by Gasteiger charge is 2.18. The second-order valence-electron chi connectivity index (χ2n) is 5.56. The van der Waals surface area contributed by atoms with E-state index in [-0.39, 0.29) is 18.6 Å². The number of rotatable bonds is 7. The number of aromatic nitrogens is 1. The third-order valence-electron chi connectivity index (χ3n) is 3.73. The summed E-state index contributed by atoms with van der Waals surface area (Å²) in [7, 11) is 0. The van der Waals surface area contributed by atoms with Crippen LogP contribution in [0, 0.1) is 0 Å². The molecule has 0 saturated heterocycles. The third-order valence-corrected chi connectivity index (χ3v) is 3.95. The van der Waals surface area contributed by atoms with Crippen molar-refractivity contribution in [3.8, 4) is 0 Å². The highest BCUT2D eigenvalue weighted by atomic mass is 35.5. The molecule has 24 heavy (non-hydrogen) atoms. The van der Waals surface area contributed by atoms with Gasteiger partial charge in [-0.2, -0.15) is 0 Å². The Morgan fingerprint density at radius 3 is 2.67 bits per heavy atom. The highest BCUT2D eigenvalue weighted by molar-refractivity contribution is 6.29. The Balaban J connectivity index is 2.12. The minimum atomic E-state index is -0.102. The molecular formula is C19H21ClN2O2. The number of nitrogens with zero attached hydrogens (tertiary/aromatic N) is 2. The van der Waals surface area contributed by atoms with E-state index >= 15 is 0 Å². The molecule has 1 aromatic carbocycles. The fourth-order valence-corrected chi connectivity index (χ4v) is 2.43. The van der Waals surface area contributed by atoms with Crippen LogP contribution < -0.4 is 0 Å². The molecule has 1 heterocycles. The minimum Gasteiger partial charge on any atom is -0.396 e. The van der Waals surface area contributed by atoms with Crippen molar-refractivity contribution in [1.29, 1.82) is 0 Å². The van der Waals surface area contributed by atoms with E-state index in [0.717, 1.165) is 11.1 Å². The second-order valence-corrected chi connectivity index (χ2v) is 5.95. The predicted molar refractivity (Wildman–Crippen MR) is 96.4 cm³/mol. The van der Waals surface area contributed by atoms with Crippen LogP contribution >= 0.6 is 11.6 Å². The number of benzene rings is 1. The van der Waals surface area contributed by atoms with Gasteiger partial charge in [-0.1, -0.05) is 48.0 Å². The topological polar surface area (TPSA) is 53.4 Å². The quantitative estimate of drug-likeness (QED) is 0.617. The summed E-state index contributed by atoms with van der Waals surface area (Å²) in [5, 5.41) is 9.61. The van der Waals surface area contributed by atoms with Crippen LogP contribution in [0.4, 0.5) is 0 Å². The molecule has 0 radical (unpaired) electrons. The van der Waals surface area contributed by atoms with Crippen molar-refractivity contribution in [2.24, 2.45) is 0 Å². The number of amides is 1. The molecule has 0 aliphatic heterocycles. The van der Waals surface area contributed by atoms with Gasteiger partial charge in [0.15, 0.2) is 0 Å². The first-order valence-electron chi connectivity index (χ1n) is 7.85. The number of hydrogen-bond donors (Lipinski definition) is 1. The second kappa shape index (κ2) is 9.21. The molecule has 0 fully saturated rings. The van der Waals surface area contributed by atoms with Crippen LogP contribution in [0.25, 0.3) is 6.08 Å². The lowest BCUT2D eigenvalue weighted by atomic mass is 10.1. The van der Waals surface area contributed by atoms with E-state index in [9.17, 15) is 9.90 Å². The smallest absolute Gasteiger partial charge is 0.247 e. The zero-order chi connectivity index (χ0) is 17.4. The van der Waals surface area contributed by atoms with Gasteiger partial charge in [-0.3, -0.25) is 4.79 Å². The van der Waals surface area contributed by atoms with Crippen LogP contribution in [0.1, 0.15) is 24.5 Å². The van der Waals surface area contributed by atoms with Gasteiger partial charge in [0.05, 0.1) is 0 Å². The summed E-state index contributed by atoms with van der Waals surface area (Å²) in [5.74, 6) is -0.102. The average molecular weight is 345 g/mol. The summed E-state index contributed by atoms with van der Waals surface area (Å²) in [6.07, 6.45) is 5.40. The first kappa shape index (κ1) is 18.2. The number of carbonyl (C=O) groups excluding carboxylic acids is 1. The number of pyridine rings is 1. The largest absolute Gasteiger partial charge is 0.396 e. The highest BCUT2D eigenvalue weighted by Crippen LogP contribution is 2.13. The van der Waals surface area contributed by atoms with Crippen molar-refractivity contribution < 1.29 is 9.90 Å². The maximum absolute atomic E-state index is 12.6. The lowest BCUT2D eigenvalue weighted by Crippen LogP contribution is -2.37. The van der Waals surface area contributed by atoms with Gasteiger partial charge in [-0.15, -0.1) is 0 Å². The number of carbonyl (C=O) groups is 1. The molecule has 1 atom stereocenters. The van der Waals surface area contributed by atoms with Crippen molar-refractivity contribution in [2.75, 3.05) is 6.61 Å². The van der Waals surface area contributed by atoms with E-state index < -0.39 is 0 Å². The van der Waals surface area contributed by atoms with Crippen molar-refractivity contribution in [3.05, 3.63) is 71.0 Å². The lowest BCUT2D eigenvalue weighted by molar-refractivity contribution is -0.128. The summed E-state index contributed by atoms with van der Waals surface area (Å²) in [4.78, 5) is 18.4. The fourth-order valence-electron chi connectivity index (χ4n) is 2.32. The molecule has 1 N–H and O–H groups in total. The van der Waals surface area contributed by atoms with Crippen molar-refractivity contribution in [3.63, 3.8) is 0 Å². The van der Waals surface area contributed by atoms with Gasteiger partial charge in [0, 0.05) is 31.5 Å². The maximum atomic E-state index is 12.6. The van der Waals surface area contributed by atoms with Crippen molar-refractivity contribution >= 4 is 23.6 Å². The molecule has 2 rings (SSSR count). The van der Waals surface area contributed by atoms with Gasteiger partial charge in [-0.05, 0) is 36.6 Å².